The van der Waals surface area contributed by atoms with Crippen LogP contribution in [0.3, 0.4) is 0 Å². The number of carbonyl (C=O) groups excluding carboxylic acids is 2. The Balaban J connectivity index is 2.21. The first-order valence-electron chi connectivity index (χ1n) is 8.85. The van der Waals surface area contributed by atoms with Crippen molar-refractivity contribution in [2.45, 2.75) is 45.8 Å². The summed E-state index contributed by atoms with van der Waals surface area (Å²) in [6.45, 7) is 5.80. The van der Waals surface area contributed by atoms with Gasteiger partial charge in [-0.05, 0) is 56.2 Å². The highest BCUT2D eigenvalue weighted by atomic mass is 79.9. The van der Waals surface area contributed by atoms with Crippen molar-refractivity contribution < 1.29 is 14.0 Å². The zero-order valence-electron chi connectivity index (χ0n) is 15.7. The average Bonchev–Trinajstić information content (AvgIpc) is 2.62. The molecule has 2 aromatic carbocycles. The Labute approximate surface area is 167 Å². The van der Waals surface area contributed by atoms with Crippen LogP contribution in [-0.4, -0.2) is 28.8 Å². The number of amides is 2. The number of hydrogen-bond donors (Lipinski definition) is 1. The second kappa shape index (κ2) is 9.65. The van der Waals surface area contributed by atoms with Crippen molar-refractivity contribution in [3.05, 3.63) is 69.9 Å². The molecule has 0 bridgehead atoms. The molecule has 2 aromatic rings. The zero-order valence-corrected chi connectivity index (χ0v) is 17.3. The minimum Gasteiger partial charge on any atom is -0.352 e. The van der Waals surface area contributed by atoms with Crippen LogP contribution in [0.25, 0.3) is 0 Å². The van der Waals surface area contributed by atoms with Crippen LogP contribution < -0.4 is 5.32 Å². The van der Waals surface area contributed by atoms with Crippen LogP contribution >= 0.6 is 15.9 Å². The van der Waals surface area contributed by atoms with Crippen molar-refractivity contribution in [1.82, 2.24) is 10.2 Å². The summed E-state index contributed by atoms with van der Waals surface area (Å²) < 4.78 is 14.1. The summed E-state index contributed by atoms with van der Waals surface area (Å²) in [5, 5.41) is 2.85. The Hall–Kier alpha value is -2.21. The molecule has 1 unspecified atom stereocenters. The van der Waals surface area contributed by atoms with E-state index in [4.69, 9.17) is 0 Å². The smallest absolute Gasteiger partial charge is 0.242 e. The minimum absolute atomic E-state index is 0.0123. The number of rotatable bonds is 7. The standard InChI is InChI=1S/C21H24BrFN2O2/c1-14(2)24-21(27)15(3)25(13-17-4-8-18(22)9-5-17)20(26)12-16-6-10-19(23)11-7-16/h4-11,14-15H,12-13H2,1-3H3,(H,24,27). The first-order valence-corrected chi connectivity index (χ1v) is 9.64. The van der Waals surface area contributed by atoms with Crippen molar-refractivity contribution in [2.24, 2.45) is 0 Å². The Kier molecular flexibility index (Phi) is 7.54. The number of carbonyl (C=O) groups is 2. The maximum atomic E-state index is 13.1. The van der Waals surface area contributed by atoms with E-state index in [-0.39, 0.29) is 30.1 Å². The predicted molar refractivity (Wildman–Crippen MR) is 108 cm³/mol. The zero-order chi connectivity index (χ0) is 20.0. The maximum Gasteiger partial charge on any atom is 0.242 e. The maximum absolute atomic E-state index is 13.1. The van der Waals surface area contributed by atoms with E-state index in [9.17, 15) is 14.0 Å². The Morgan fingerprint density at radius 1 is 1.00 bits per heavy atom. The van der Waals surface area contributed by atoms with Crippen LogP contribution in [0.1, 0.15) is 31.9 Å². The molecule has 0 aliphatic heterocycles. The van der Waals surface area contributed by atoms with Crippen LogP contribution in [0.4, 0.5) is 4.39 Å². The van der Waals surface area contributed by atoms with Gasteiger partial charge in [0.25, 0.3) is 0 Å². The summed E-state index contributed by atoms with van der Waals surface area (Å²) in [6.07, 6.45) is 0.107. The molecule has 0 fully saturated rings. The van der Waals surface area contributed by atoms with Gasteiger partial charge in [0.15, 0.2) is 0 Å². The third-order valence-electron chi connectivity index (χ3n) is 4.13. The fraction of sp³-hybridized carbons (Fsp3) is 0.333. The molecule has 1 atom stereocenters. The van der Waals surface area contributed by atoms with Gasteiger partial charge in [0, 0.05) is 17.1 Å². The van der Waals surface area contributed by atoms with Gasteiger partial charge in [-0.15, -0.1) is 0 Å². The van der Waals surface area contributed by atoms with E-state index in [0.717, 1.165) is 10.0 Å². The van der Waals surface area contributed by atoms with Crippen LogP contribution in [-0.2, 0) is 22.6 Å². The fourth-order valence-corrected chi connectivity index (χ4v) is 2.92. The number of nitrogens with zero attached hydrogens (tertiary/aromatic N) is 1. The summed E-state index contributed by atoms with van der Waals surface area (Å²) >= 11 is 3.39. The number of hydrogen-bond acceptors (Lipinski definition) is 2. The van der Waals surface area contributed by atoms with Gasteiger partial charge in [-0.3, -0.25) is 9.59 Å². The molecule has 0 heterocycles. The molecular weight excluding hydrogens is 411 g/mol. The molecule has 144 valence electrons. The number of halogens is 2. The van der Waals surface area contributed by atoms with E-state index >= 15 is 0 Å². The van der Waals surface area contributed by atoms with E-state index < -0.39 is 6.04 Å². The largest absolute Gasteiger partial charge is 0.352 e. The highest BCUT2D eigenvalue weighted by molar-refractivity contribution is 9.10. The summed E-state index contributed by atoms with van der Waals surface area (Å²) in [5.41, 5.74) is 1.63. The van der Waals surface area contributed by atoms with Gasteiger partial charge in [0.2, 0.25) is 11.8 Å². The van der Waals surface area contributed by atoms with Gasteiger partial charge in [0.05, 0.1) is 6.42 Å². The molecule has 2 rings (SSSR count). The highest BCUT2D eigenvalue weighted by Crippen LogP contribution is 2.16. The van der Waals surface area contributed by atoms with Gasteiger partial charge in [-0.25, -0.2) is 4.39 Å². The third-order valence-corrected chi connectivity index (χ3v) is 4.66. The normalized spacial score (nSPS) is 11.9. The molecule has 0 saturated carbocycles. The SMILES string of the molecule is CC(C)NC(=O)C(C)N(Cc1ccc(Br)cc1)C(=O)Cc1ccc(F)cc1. The quantitative estimate of drug-likeness (QED) is 0.713. The first-order chi connectivity index (χ1) is 12.8. The summed E-state index contributed by atoms with van der Waals surface area (Å²) in [6, 6.07) is 12.8. The molecule has 2 amide bonds. The van der Waals surface area contributed by atoms with Crippen LogP contribution in [0.15, 0.2) is 53.0 Å². The molecule has 27 heavy (non-hydrogen) atoms. The second-order valence-electron chi connectivity index (χ2n) is 6.79. The second-order valence-corrected chi connectivity index (χ2v) is 7.71. The van der Waals surface area contributed by atoms with E-state index in [1.165, 1.54) is 12.1 Å². The lowest BCUT2D eigenvalue weighted by molar-refractivity contribution is -0.140. The van der Waals surface area contributed by atoms with Crippen LogP contribution in [0, 0.1) is 5.82 Å². The third kappa shape index (κ3) is 6.47. The number of benzene rings is 2. The molecule has 0 aromatic heterocycles. The summed E-state index contributed by atoms with van der Waals surface area (Å²) in [4.78, 5) is 27.0. The van der Waals surface area contributed by atoms with E-state index in [0.29, 0.717) is 12.1 Å². The highest BCUT2D eigenvalue weighted by Gasteiger charge is 2.26. The molecule has 0 radical (unpaired) electrons. The number of nitrogens with one attached hydrogen (secondary N) is 1. The van der Waals surface area contributed by atoms with Crippen molar-refractivity contribution in [1.29, 1.82) is 0 Å². The Morgan fingerprint density at radius 3 is 2.11 bits per heavy atom. The molecule has 0 aliphatic carbocycles. The lowest BCUT2D eigenvalue weighted by Gasteiger charge is -2.29. The lowest BCUT2D eigenvalue weighted by atomic mass is 10.1. The van der Waals surface area contributed by atoms with Gasteiger partial charge in [-0.1, -0.05) is 40.2 Å². The Morgan fingerprint density at radius 2 is 1.56 bits per heavy atom. The van der Waals surface area contributed by atoms with Gasteiger partial charge < -0.3 is 10.2 Å². The predicted octanol–water partition coefficient (Wildman–Crippen LogP) is 4.07. The average molecular weight is 435 g/mol. The van der Waals surface area contributed by atoms with Crippen molar-refractivity contribution >= 4 is 27.7 Å². The van der Waals surface area contributed by atoms with E-state index in [1.807, 2.05) is 38.1 Å². The van der Waals surface area contributed by atoms with Crippen molar-refractivity contribution in [3.8, 4) is 0 Å². The lowest BCUT2D eigenvalue weighted by Crippen LogP contribution is -2.49. The van der Waals surface area contributed by atoms with Gasteiger partial charge in [0.1, 0.15) is 11.9 Å². The monoisotopic (exact) mass is 434 g/mol. The van der Waals surface area contributed by atoms with Crippen molar-refractivity contribution in [2.75, 3.05) is 0 Å². The van der Waals surface area contributed by atoms with Crippen LogP contribution in [0.5, 0.6) is 0 Å². The molecule has 6 heteroatoms. The fourth-order valence-electron chi connectivity index (χ4n) is 2.65. The molecule has 0 saturated heterocycles. The minimum atomic E-state index is -0.621. The van der Waals surface area contributed by atoms with Crippen molar-refractivity contribution in [3.63, 3.8) is 0 Å². The molecule has 4 nitrogen and oxygen atoms in total. The van der Waals surface area contributed by atoms with Gasteiger partial charge in [-0.2, -0.15) is 0 Å². The van der Waals surface area contributed by atoms with E-state index in [2.05, 4.69) is 21.2 Å². The molecule has 1 N–H and O–H groups in total. The first kappa shape index (κ1) is 21.1. The van der Waals surface area contributed by atoms with Crippen LogP contribution in [0.2, 0.25) is 0 Å². The molecule has 0 spiro atoms. The van der Waals surface area contributed by atoms with Gasteiger partial charge >= 0.3 is 0 Å². The summed E-state index contributed by atoms with van der Waals surface area (Å²) in [5.74, 6) is -0.729. The Bertz CT molecular complexity index is 776. The summed E-state index contributed by atoms with van der Waals surface area (Å²) in [7, 11) is 0. The molecule has 0 aliphatic rings. The van der Waals surface area contributed by atoms with E-state index in [1.54, 1.807) is 24.0 Å². The topological polar surface area (TPSA) is 49.4 Å². The molecular formula is C21H24BrFN2O2.